The van der Waals surface area contributed by atoms with E-state index in [1.54, 1.807) is 84.9 Å². The zero-order valence-corrected chi connectivity index (χ0v) is 23.4. The van der Waals surface area contributed by atoms with Gasteiger partial charge in [0.25, 0.3) is 0 Å². The summed E-state index contributed by atoms with van der Waals surface area (Å²) in [7, 11) is 0. The molecule has 0 radical (unpaired) electrons. The van der Waals surface area contributed by atoms with Crippen molar-refractivity contribution in [2.24, 2.45) is 9.98 Å². The molecule has 0 aliphatic carbocycles. The van der Waals surface area contributed by atoms with Crippen molar-refractivity contribution < 1.29 is 59.0 Å². The summed E-state index contributed by atoms with van der Waals surface area (Å²) in [6.45, 7) is 0. The summed E-state index contributed by atoms with van der Waals surface area (Å²) in [6.07, 6.45) is 0.0917. The molecule has 0 unspecified atom stereocenters. The van der Waals surface area contributed by atoms with E-state index in [1.807, 2.05) is 0 Å². The largest absolute Gasteiger partial charge is 0.511 e. The fourth-order valence-electron chi connectivity index (χ4n) is 2.96. The molecule has 4 N–H and O–H groups in total. The van der Waals surface area contributed by atoms with Gasteiger partial charge in [0.2, 0.25) is 0 Å². The molecule has 0 saturated carbocycles. The van der Waals surface area contributed by atoms with Crippen LogP contribution in [0, 0.1) is 0 Å². The molecule has 0 atom stereocenters. The van der Waals surface area contributed by atoms with E-state index >= 15 is 0 Å². The third kappa shape index (κ3) is 9.75. The SMILES string of the molecule is O=C(O)Oc1ccccc1N=Cc1ccccc1O.O=C(O)Oc1ccccc1N=Cc1ccccc1O.[Zn]. The van der Waals surface area contributed by atoms with Gasteiger partial charge in [-0.3, -0.25) is 9.98 Å². The molecule has 10 nitrogen and oxygen atoms in total. The molecule has 0 aliphatic rings. The van der Waals surface area contributed by atoms with E-state index in [9.17, 15) is 19.8 Å². The Hall–Kier alpha value is -5.02. The molecule has 0 saturated heterocycles. The van der Waals surface area contributed by atoms with E-state index in [0.717, 1.165) is 0 Å². The van der Waals surface area contributed by atoms with Crippen LogP contribution in [0.1, 0.15) is 11.1 Å². The average molecular weight is 580 g/mol. The maximum Gasteiger partial charge on any atom is 0.511 e. The summed E-state index contributed by atoms with van der Waals surface area (Å²) in [5, 5.41) is 36.4. The van der Waals surface area contributed by atoms with Gasteiger partial charge in [-0.2, -0.15) is 0 Å². The second-order valence-corrected chi connectivity index (χ2v) is 7.31. The number of carboxylic acid groups (broad SMARTS) is 2. The molecule has 4 rings (SSSR count). The zero-order chi connectivity index (χ0) is 27.3. The molecule has 4 aromatic rings. The summed E-state index contributed by atoms with van der Waals surface area (Å²) < 4.78 is 9.21. The maximum absolute atomic E-state index is 10.5. The molecular weight excluding hydrogens is 558 g/mol. The number of aliphatic imine (C=N–C) groups is 2. The molecule has 4 aromatic carbocycles. The predicted molar refractivity (Wildman–Crippen MR) is 141 cm³/mol. The van der Waals surface area contributed by atoms with Crippen molar-refractivity contribution in [3.8, 4) is 23.0 Å². The normalized spacial score (nSPS) is 10.3. The second-order valence-electron chi connectivity index (χ2n) is 7.31. The van der Waals surface area contributed by atoms with E-state index in [4.69, 9.17) is 10.2 Å². The number of ether oxygens (including phenoxy) is 2. The number of phenolic OH excluding ortho intramolecular Hbond substituents is 2. The van der Waals surface area contributed by atoms with Gasteiger partial charge >= 0.3 is 12.3 Å². The van der Waals surface area contributed by atoms with Gasteiger partial charge < -0.3 is 29.9 Å². The Balaban J connectivity index is 0.000000267. The first-order valence-electron chi connectivity index (χ1n) is 11.0. The van der Waals surface area contributed by atoms with Crippen LogP contribution < -0.4 is 9.47 Å². The minimum Gasteiger partial charge on any atom is -0.507 e. The van der Waals surface area contributed by atoms with Gasteiger partial charge in [0.1, 0.15) is 22.9 Å². The van der Waals surface area contributed by atoms with Gasteiger partial charge in [0.15, 0.2) is 11.5 Å². The van der Waals surface area contributed by atoms with Crippen LogP contribution in [0.3, 0.4) is 0 Å². The van der Waals surface area contributed by atoms with Crippen molar-refractivity contribution in [1.29, 1.82) is 0 Å². The van der Waals surface area contributed by atoms with Crippen LogP contribution >= 0.6 is 0 Å². The first kappa shape index (κ1) is 30.2. The van der Waals surface area contributed by atoms with E-state index in [-0.39, 0.29) is 42.5 Å². The molecule has 0 bridgehead atoms. The van der Waals surface area contributed by atoms with E-state index in [2.05, 4.69) is 19.5 Å². The average Bonchev–Trinajstić information content (AvgIpc) is 2.89. The Morgan fingerprint density at radius 1 is 0.564 bits per heavy atom. The molecule has 0 amide bonds. The number of carbonyl (C=O) groups is 2. The van der Waals surface area contributed by atoms with Crippen LogP contribution in [0.4, 0.5) is 21.0 Å². The summed E-state index contributed by atoms with van der Waals surface area (Å²) in [4.78, 5) is 29.3. The molecule has 194 valence electrons. The molecular formula is C28H22N2O8Zn. The Morgan fingerprint density at radius 3 is 1.26 bits per heavy atom. The topological polar surface area (TPSA) is 158 Å². The molecule has 0 aliphatic heterocycles. The van der Waals surface area contributed by atoms with Crippen LogP contribution in [-0.4, -0.2) is 45.2 Å². The van der Waals surface area contributed by atoms with Crippen molar-refractivity contribution in [2.45, 2.75) is 0 Å². The van der Waals surface area contributed by atoms with E-state index in [1.165, 1.54) is 24.6 Å². The van der Waals surface area contributed by atoms with Crippen molar-refractivity contribution in [2.75, 3.05) is 0 Å². The second kappa shape index (κ2) is 15.3. The number of benzene rings is 4. The van der Waals surface area contributed by atoms with Crippen molar-refractivity contribution in [1.82, 2.24) is 0 Å². The van der Waals surface area contributed by atoms with Gasteiger partial charge in [-0.1, -0.05) is 48.5 Å². The fourth-order valence-corrected chi connectivity index (χ4v) is 2.96. The molecule has 11 heteroatoms. The van der Waals surface area contributed by atoms with Crippen molar-refractivity contribution in [3.63, 3.8) is 0 Å². The minimum absolute atomic E-state index is 0. The van der Waals surface area contributed by atoms with Gasteiger partial charge in [-0.05, 0) is 48.5 Å². The molecule has 0 aromatic heterocycles. The summed E-state index contributed by atoms with van der Waals surface area (Å²) >= 11 is 0. The molecule has 0 spiro atoms. The number of hydrogen-bond acceptors (Lipinski definition) is 8. The molecule has 0 heterocycles. The molecule has 0 fully saturated rings. The third-order valence-electron chi connectivity index (χ3n) is 4.68. The third-order valence-corrected chi connectivity index (χ3v) is 4.68. The molecule has 39 heavy (non-hydrogen) atoms. The van der Waals surface area contributed by atoms with Gasteiger partial charge in [0, 0.05) is 43.0 Å². The van der Waals surface area contributed by atoms with Crippen LogP contribution in [0.15, 0.2) is 107 Å². The van der Waals surface area contributed by atoms with E-state index in [0.29, 0.717) is 22.5 Å². The predicted octanol–water partition coefficient (Wildman–Crippen LogP) is 6.40. The Labute approximate surface area is 235 Å². The first-order chi connectivity index (χ1) is 18.3. The number of phenols is 2. The van der Waals surface area contributed by atoms with Crippen LogP contribution in [0.2, 0.25) is 0 Å². The number of para-hydroxylation sites is 6. The Bertz CT molecular complexity index is 1360. The van der Waals surface area contributed by atoms with Crippen LogP contribution in [0.25, 0.3) is 0 Å². The number of aromatic hydroxyl groups is 2. The Kier molecular flexibility index (Phi) is 11.8. The van der Waals surface area contributed by atoms with Gasteiger partial charge in [0.05, 0.1) is 0 Å². The smallest absolute Gasteiger partial charge is 0.507 e. The maximum atomic E-state index is 10.5. The number of rotatable bonds is 6. The number of nitrogens with zero attached hydrogens (tertiary/aromatic N) is 2. The van der Waals surface area contributed by atoms with Crippen molar-refractivity contribution >= 4 is 36.1 Å². The summed E-state index contributed by atoms with van der Waals surface area (Å²) in [5.41, 5.74) is 1.81. The quantitative estimate of drug-likeness (QED) is 0.0884. The van der Waals surface area contributed by atoms with E-state index < -0.39 is 12.3 Å². The van der Waals surface area contributed by atoms with Crippen LogP contribution in [-0.2, 0) is 19.5 Å². The summed E-state index contributed by atoms with van der Waals surface area (Å²) in [6, 6.07) is 26.4. The van der Waals surface area contributed by atoms with Gasteiger partial charge in [-0.15, -0.1) is 0 Å². The van der Waals surface area contributed by atoms with Gasteiger partial charge in [-0.25, -0.2) is 9.59 Å². The monoisotopic (exact) mass is 578 g/mol. The summed E-state index contributed by atoms with van der Waals surface area (Å²) in [5.74, 6) is 0.481. The number of hydrogen-bond donors (Lipinski definition) is 4. The fraction of sp³-hybridized carbons (Fsp3) is 0. The first-order valence-corrected chi connectivity index (χ1v) is 11.0. The van der Waals surface area contributed by atoms with Crippen LogP contribution in [0.5, 0.6) is 23.0 Å². The zero-order valence-electron chi connectivity index (χ0n) is 20.4. The Morgan fingerprint density at radius 2 is 0.897 bits per heavy atom. The van der Waals surface area contributed by atoms with Crippen molar-refractivity contribution in [3.05, 3.63) is 108 Å². The standard InChI is InChI=1S/2C14H11NO4.Zn/c2*16-12-7-3-1-5-10(12)9-15-11-6-2-4-8-13(11)19-14(17)18;/h2*1-9,16H,(H,17,18);. The minimum atomic E-state index is -1.40.